The van der Waals surface area contributed by atoms with Gasteiger partial charge in [-0.25, -0.2) is 0 Å². The second kappa shape index (κ2) is 7.12. The van der Waals surface area contributed by atoms with Crippen molar-refractivity contribution in [3.05, 3.63) is 23.8 Å². The zero-order valence-electron chi connectivity index (χ0n) is 10.3. The standard InChI is InChI=1S/C13H20O3/c1-4-16-9-5-6-11-7-8-12(14-2)13(10-11)15-3/h7-8,10H,4-6,9H2,1-3H3. The van der Waals surface area contributed by atoms with Crippen LogP contribution in [0.15, 0.2) is 18.2 Å². The Labute approximate surface area is 97.3 Å². The van der Waals surface area contributed by atoms with Gasteiger partial charge in [-0.3, -0.25) is 0 Å². The van der Waals surface area contributed by atoms with Gasteiger partial charge in [0.15, 0.2) is 11.5 Å². The van der Waals surface area contributed by atoms with Crippen LogP contribution in [-0.4, -0.2) is 27.4 Å². The van der Waals surface area contributed by atoms with Crippen molar-refractivity contribution in [2.24, 2.45) is 0 Å². The number of hydrogen-bond acceptors (Lipinski definition) is 3. The molecule has 3 nitrogen and oxygen atoms in total. The van der Waals surface area contributed by atoms with Crippen LogP contribution in [0.5, 0.6) is 11.5 Å². The van der Waals surface area contributed by atoms with Gasteiger partial charge in [0.25, 0.3) is 0 Å². The largest absolute Gasteiger partial charge is 0.493 e. The Balaban J connectivity index is 2.54. The molecule has 1 rings (SSSR count). The van der Waals surface area contributed by atoms with Gasteiger partial charge in [0.1, 0.15) is 0 Å². The third-order valence-corrected chi connectivity index (χ3v) is 2.41. The number of benzene rings is 1. The van der Waals surface area contributed by atoms with Crippen molar-refractivity contribution in [1.82, 2.24) is 0 Å². The van der Waals surface area contributed by atoms with Crippen LogP contribution in [0.1, 0.15) is 18.9 Å². The van der Waals surface area contributed by atoms with E-state index in [1.54, 1.807) is 14.2 Å². The van der Waals surface area contributed by atoms with Crippen LogP contribution < -0.4 is 9.47 Å². The molecular formula is C13H20O3. The molecule has 0 saturated heterocycles. The lowest BCUT2D eigenvalue weighted by Gasteiger charge is -2.09. The van der Waals surface area contributed by atoms with Gasteiger partial charge in [-0.05, 0) is 37.5 Å². The van der Waals surface area contributed by atoms with Crippen LogP contribution >= 0.6 is 0 Å². The van der Waals surface area contributed by atoms with Crippen molar-refractivity contribution in [3.8, 4) is 11.5 Å². The highest BCUT2D eigenvalue weighted by Crippen LogP contribution is 2.27. The molecule has 1 aromatic rings. The van der Waals surface area contributed by atoms with E-state index in [0.29, 0.717) is 0 Å². The molecule has 0 unspecified atom stereocenters. The van der Waals surface area contributed by atoms with E-state index in [4.69, 9.17) is 14.2 Å². The molecule has 0 heterocycles. The zero-order valence-corrected chi connectivity index (χ0v) is 10.3. The Morgan fingerprint density at radius 3 is 2.44 bits per heavy atom. The normalized spacial score (nSPS) is 10.2. The van der Waals surface area contributed by atoms with Gasteiger partial charge in [0, 0.05) is 13.2 Å². The molecule has 0 radical (unpaired) electrons. The van der Waals surface area contributed by atoms with Crippen LogP contribution in [0.25, 0.3) is 0 Å². The molecule has 0 N–H and O–H groups in total. The molecule has 0 aliphatic heterocycles. The monoisotopic (exact) mass is 224 g/mol. The SMILES string of the molecule is CCOCCCc1ccc(OC)c(OC)c1. The van der Waals surface area contributed by atoms with Crippen LogP contribution in [-0.2, 0) is 11.2 Å². The first kappa shape index (κ1) is 12.8. The number of rotatable bonds is 7. The Bertz CT molecular complexity index is 310. The van der Waals surface area contributed by atoms with Crippen LogP contribution in [0.3, 0.4) is 0 Å². The van der Waals surface area contributed by atoms with E-state index in [-0.39, 0.29) is 0 Å². The molecule has 3 heteroatoms. The predicted molar refractivity (Wildman–Crippen MR) is 64.4 cm³/mol. The van der Waals surface area contributed by atoms with Crippen molar-refractivity contribution in [2.75, 3.05) is 27.4 Å². The summed E-state index contributed by atoms with van der Waals surface area (Å²) in [4.78, 5) is 0. The van der Waals surface area contributed by atoms with Crippen molar-refractivity contribution in [3.63, 3.8) is 0 Å². The fourth-order valence-electron chi connectivity index (χ4n) is 1.56. The molecule has 0 aliphatic carbocycles. The minimum atomic E-state index is 0.774. The van der Waals surface area contributed by atoms with Gasteiger partial charge < -0.3 is 14.2 Å². The number of aryl methyl sites for hydroxylation is 1. The molecule has 0 fully saturated rings. The quantitative estimate of drug-likeness (QED) is 0.666. The maximum atomic E-state index is 5.30. The molecule has 0 saturated carbocycles. The van der Waals surface area contributed by atoms with E-state index in [2.05, 4.69) is 6.07 Å². The van der Waals surface area contributed by atoms with Crippen molar-refractivity contribution >= 4 is 0 Å². The van der Waals surface area contributed by atoms with Gasteiger partial charge in [-0.15, -0.1) is 0 Å². The lowest BCUT2D eigenvalue weighted by molar-refractivity contribution is 0.145. The van der Waals surface area contributed by atoms with E-state index in [1.165, 1.54) is 5.56 Å². The third-order valence-electron chi connectivity index (χ3n) is 2.41. The minimum Gasteiger partial charge on any atom is -0.493 e. The summed E-state index contributed by atoms with van der Waals surface area (Å²) in [6, 6.07) is 6.02. The molecule has 1 aromatic carbocycles. The summed E-state index contributed by atoms with van der Waals surface area (Å²) in [6.07, 6.45) is 2.03. The van der Waals surface area contributed by atoms with Crippen LogP contribution in [0, 0.1) is 0 Å². The number of ether oxygens (including phenoxy) is 3. The van der Waals surface area contributed by atoms with E-state index in [0.717, 1.165) is 37.6 Å². The molecule has 90 valence electrons. The molecule has 0 bridgehead atoms. The highest BCUT2D eigenvalue weighted by Gasteiger charge is 2.03. The van der Waals surface area contributed by atoms with E-state index >= 15 is 0 Å². The highest BCUT2D eigenvalue weighted by molar-refractivity contribution is 5.42. The molecule has 0 aliphatic rings. The first-order valence-electron chi connectivity index (χ1n) is 5.60. The van der Waals surface area contributed by atoms with Crippen LogP contribution in [0.2, 0.25) is 0 Å². The summed E-state index contributed by atoms with van der Waals surface area (Å²) < 4.78 is 15.7. The molecule has 0 amide bonds. The Morgan fingerprint density at radius 2 is 1.81 bits per heavy atom. The second-order valence-electron chi connectivity index (χ2n) is 3.49. The topological polar surface area (TPSA) is 27.7 Å². The summed E-state index contributed by atoms with van der Waals surface area (Å²) in [5.74, 6) is 1.56. The summed E-state index contributed by atoms with van der Waals surface area (Å²) in [5.41, 5.74) is 1.25. The van der Waals surface area contributed by atoms with E-state index in [9.17, 15) is 0 Å². The van der Waals surface area contributed by atoms with Gasteiger partial charge in [-0.1, -0.05) is 6.07 Å². The maximum absolute atomic E-state index is 5.30. The molecule has 0 aromatic heterocycles. The molecule has 16 heavy (non-hydrogen) atoms. The highest BCUT2D eigenvalue weighted by atomic mass is 16.5. The van der Waals surface area contributed by atoms with Gasteiger partial charge >= 0.3 is 0 Å². The van der Waals surface area contributed by atoms with Gasteiger partial charge in [0.2, 0.25) is 0 Å². The Kier molecular flexibility index (Phi) is 5.72. The molecular weight excluding hydrogens is 204 g/mol. The Hall–Kier alpha value is -1.22. The van der Waals surface area contributed by atoms with Crippen molar-refractivity contribution < 1.29 is 14.2 Å². The van der Waals surface area contributed by atoms with Crippen molar-refractivity contribution in [2.45, 2.75) is 19.8 Å². The third kappa shape index (κ3) is 3.74. The smallest absolute Gasteiger partial charge is 0.160 e. The fourth-order valence-corrected chi connectivity index (χ4v) is 1.56. The first-order chi connectivity index (χ1) is 7.81. The molecule has 0 spiro atoms. The summed E-state index contributed by atoms with van der Waals surface area (Å²) in [6.45, 7) is 3.60. The summed E-state index contributed by atoms with van der Waals surface area (Å²) in [5, 5.41) is 0. The predicted octanol–water partition coefficient (Wildman–Crippen LogP) is 2.67. The lowest BCUT2D eigenvalue weighted by atomic mass is 10.1. The number of methoxy groups -OCH3 is 2. The fraction of sp³-hybridized carbons (Fsp3) is 0.538. The van der Waals surface area contributed by atoms with Crippen LogP contribution in [0.4, 0.5) is 0 Å². The summed E-state index contributed by atoms with van der Waals surface area (Å²) >= 11 is 0. The van der Waals surface area contributed by atoms with E-state index < -0.39 is 0 Å². The lowest BCUT2D eigenvalue weighted by Crippen LogP contribution is -1.97. The average Bonchev–Trinajstić information content (AvgIpc) is 2.34. The first-order valence-corrected chi connectivity index (χ1v) is 5.60. The average molecular weight is 224 g/mol. The second-order valence-corrected chi connectivity index (χ2v) is 3.49. The van der Waals surface area contributed by atoms with Gasteiger partial charge in [-0.2, -0.15) is 0 Å². The Morgan fingerprint density at radius 1 is 1.06 bits per heavy atom. The summed E-state index contributed by atoms with van der Waals surface area (Å²) in [7, 11) is 3.30. The minimum absolute atomic E-state index is 0.774. The number of hydrogen-bond donors (Lipinski definition) is 0. The van der Waals surface area contributed by atoms with E-state index in [1.807, 2.05) is 19.1 Å². The van der Waals surface area contributed by atoms with Crippen molar-refractivity contribution in [1.29, 1.82) is 0 Å². The maximum Gasteiger partial charge on any atom is 0.160 e. The van der Waals surface area contributed by atoms with Gasteiger partial charge in [0.05, 0.1) is 14.2 Å². The molecule has 0 atom stereocenters. The zero-order chi connectivity index (χ0) is 11.8.